The van der Waals surface area contributed by atoms with Crippen LogP contribution in [0.1, 0.15) is 5.56 Å². The largest absolute Gasteiger partial charge is 0.479 e. The van der Waals surface area contributed by atoms with Crippen molar-refractivity contribution in [3.8, 4) is 5.88 Å². The van der Waals surface area contributed by atoms with E-state index in [-0.39, 0.29) is 0 Å². The van der Waals surface area contributed by atoms with Gasteiger partial charge in [0.15, 0.2) is 0 Å². The molecule has 0 unspecified atom stereocenters. The molecule has 0 amide bonds. The maximum absolute atomic E-state index is 5.09. The van der Waals surface area contributed by atoms with Crippen LogP contribution in [-0.4, -0.2) is 21.7 Å². The molecule has 2 aromatic rings. The van der Waals surface area contributed by atoms with Crippen LogP contribution in [-0.2, 0) is 0 Å². The quantitative estimate of drug-likeness (QED) is 0.630. The first kappa shape index (κ1) is 7.09. The summed E-state index contributed by atoms with van der Waals surface area (Å²) in [7, 11) is 1.61. The minimum Gasteiger partial charge on any atom is -0.479 e. The van der Waals surface area contributed by atoms with Crippen molar-refractivity contribution in [2.24, 2.45) is 0 Å². The van der Waals surface area contributed by atoms with Crippen LogP contribution in [0.2, 0.25) is 0 Å². The van der Waals surface area contributed by atoms with Gasteiger partial charge in [0.25, 0.3) is 0 Å². The lowest BCUT2D eigenvalue weighted by Crippen LogP contribution is -1.93. The van der Waals surface area contributed by atoms with Crippen LogP contribution in [0.5, 0.6) is 5.88 Å². The van der Waals surface area contributed by atoms with Crippen LogP contribution in [0.25, 0.3) is 5.52 Å². The van der Waals surface area contributed by atoms with Crippen LogP contribution >= 0.6 is 0 Å². The molecule has 12 heavy (non-hydrogen) atoms. The molecular weight excluding hydrogens is 154 g/mol. The minimum absolute atomic E-state index is 0.618. The second kappa shape index (κ2) is 2.48. The van der Waals surface area contributed by atoms with Gasteiger partial charge in [-0.2, -0.15) is 5.10 Å². The standard InChI is InChI=1S/C8H9N3O/c1-6-5-10-11-4-3-9-8(12-2)7(6)11/h3-5H,1-2H3. The molecule has 0 aliphatic heterocycles. The van der Waals surface area contributed by atoms with Crippen molar-refractivity contribution in [2.45, 2.75) is 6.92 Å². The topological polar surface area (TPSA) is 39.4 Å². The monoisotopic (exact) mass is 163 g/mol. The summed E-state index contributed by atoms with van der Waals surface area (Å²) in [5.41, 5.74) is 2.00. The van der Waals surface area contributed by atoms with Crippen molar-refractivity contribution in [3.05, 3.63) is 24.2 Å². The van der Waals surface area contributed by atoms with Gasteiger partial charge in [0.1, 0.15) is 5.52 Å². The summed E-state index contributed by atoms with van der Waals surface area (Å²) < 4.78 is 6.85. The predicted octanol–water partition coefficient (Wildman–Crippen LogP) is 1.05. The van der Waals surface area contributed by atoms with Crippen molar-refractivity contribution in [2.75, 3.05) is 7.11 Å². The highest BCUT2D eigenvalue weighted by molar-refractivity contribution is 5.60. The van der Waals surface area contributed by atoms with Crippen LogP contribution < -0.4 is 4.74 Å². The van der Waals surface area contributed by atoms with E-state index in [0.29, 0.717) is 5.88 Å². The fraction of sp³-hybridized carbons (Fsp3) is 0.250. The smallest absolute Gasteiger partial charge is 0.240 e. The van der Waals surface area contributed by atoms with Gasteiger partial charge >= 0.3 is 0 Å². The number of rotatable bonds is 1. The highest BCUT2D eigenvalue weighted by Crippen LogP contribution is 2.18. The molecule has 2 rings (SSSR count). The fourth-order valence-corrected chi connectivity index (χ4v) is 1.20. The third-order valence-electron chi connectivity index (χ3n) is 1.77. The summed E-state index contributed by atoms with van der Waals surface area (Å²) in [6, 6.07) is 0. The molecule has 0 radical (unpaired) electrons. The summed E-state index contributed by atoms with van der Waals surface area (Å²) in [6.07, 6.45) is 5.25. The van der Waals surface area contributed by atoms with E-state index in [9.17, 15) is 0 Å². The average molecular weight is 163 g/mol. The first-order valence-corrected chi connectivity index (χ1v) is 3.66. The van der Waals surface area contributed by atoms with Crippen molar-refractivity contribution < 1.29 is 4.74 Å². The number of aromatic nitrogens is 3. The van der Waals surface area contributed by atoms with Gasteiger partial charge in [-0.1, -0.05) is 0 Å². The third kappa shape index (κ3) is 0.845. The Morgan fingerprint density at radius 1 is 1.50 bits per heavy atom. The second-order valence-electron chi connectivity index (χ2n) is 2.56. The Balaban J connectivity index is 2.84. The highest BCUT2D eigenvalue weighted by Gasteiger charge is 2.05. The number of hydrogen-bond donors (Lipinski definition) is 0. The minimum atomic E-state index is 0.618. The molecule has 0 fully saturated rings. The lowest BCUT2D eigenvalue weighted by molar-refractivity contribution is 0.400. The van der Waals surface area contributed by atoms with Gasteiger partial charge in [0.05, 0.1) is 13.3 Å². The lowest BCUT2D eigenvalue weighted by atomic mass is 10.3. The van der Waals surface area contributed by atoms with E-state index in [0.717, 1.165) is 11.1 Å². The summed E-state index contributed by atoms with van der Waals surface area (Å²) in [4.78, 5) is 4.08. The molecular formula is C8H9N3O. The third-order valence-corrected chi connectivity index (χ3v) is 1.77. The van der Waals surface area contributed by atoms with Crippen molar-refractivity contribution >= 4 is 5.52 Å². The molecule has 0 spiro atoms. The van der Waals surface area contributed by atoms with E-state index in [1.165, 1.54) is 0 Å². The van der Waals surface area contributed by atoms with E-state index in [1.807, 2.05) is 6.92 Å². The molecule has 0 saturated heterocycles. The normalized spacial score (nSPS) is 10.5. The second-order valence-corrected chi connectivity index (χ2v) is 2.56. The summed E-state index contributed by atoms with van der Waals surface area (Å²) >= 11 is 0. The van der Waals surface area contributed by atoms with E-state index < -0.39 is 0 Å². The van der Waals surface area contributed by atoms with E-state index in [4.69, 9.17) is 4.74 Å². The van der Waals surface area contributed by atoms with Gasteiger partial charge in [0.2, 0.25) is 5.88 Å². The molecule has 4 nitrogen and oxygen atoms in total. The Morgan fingerprint density at radius 2 is 2.33 bits per heavy atom. The Hall–Kier alpha value is -1.58. The van der Waals surface area contributed by atoms with Crippen LogP contribution in [0.15, 0.2) is 18.6 Å². The molecule has 2 heterocycles. The SMILES string of the molecule is COc1nccn2ncc(C)c12. The molecule has 0 saturated carbocycles. The Kier molecular flexibility index (Phi) is 1.46. The zero-order chi connectivity index (χ0) is 8.55. The average Bonchev–Trinajstić information content (AvgIpc) is 2.48. The molecule has 0 bridgehead atoms. The molecule has 0 N–H and O–H groups in total. The van der Waals surface area contributed by atoms with Gasteiger partial charge in [-0.3, -0.25) is 0 Å². The fourth-order valence-electron chi connectivity index (χ4n) is 1.20. The number of methoxy groups -OCH3 is 1. The maximum atomic E-state index is 5.09. The highest BCUT2D eigenvalue weighted by atomic mass is 16.5. The van der Waals surface area contributed by atoms with Crippen molar-refractivity contribution in [1.82, 2.24) is 14.6 Å². The van der Waals surface area contributed by atoms with Crippen LogP contribution in [0.4, 0.5) is 0 Å². The number of ether oxygens (including phenoxy) is 1. The van der Waals surface area contributed by atoms with E-state index in [2.05, 4.69) is 10.1 Å². The molecule has 0 aliphatic rings. The number of fused-ring (bicyclic) bond motifs is 1. The van der Waals surface area contributed by atoms with Crippen LogP contribution in [0.3, 0.4) is 0 Å². The summed E-state index contributed by atoms with van der Waals surface area (Å²) in [5, 5.41) is 4.12. The van der Waals surface area contributed by atoms with Gasteiger partial charge in [0, 0.05) is 18.0 Å². The Bertz CT molecular complexity index is 408. The number of aryl methyl sites for hydroxylation is 1. The molecule has 0 aromatic carbocycles. The summed E-state index contributed by atoms with van der Waals surface area (Å²) in [6.45, 7) is 1.98. The van der Waals surface area contributed by atoms with Gasteiger partial charge in [-0.05, 0) is 6.92 Å². The Labute approximate surface area is 69.8 Å². The summed E-state index contributed by atoms with van der Waals surface area (Å²) in [5.74, 6) is 0.618. The van der Waals surface area contributed by atoms with Crippen molar-refractivity contribution in [1.29, 1.82) is 0 Å². The zero-order valence-electron chi connectivity index (χ0n) is 6.98. The maximum Gasteiger partial charge on any atom is 0.240 e. The van der Waals surface area contributed by atoms with Gasteiger partial charge < -0.3 is 4.74 Å². The first-order valence-electron chi connectivity index (χ1n) is 3.66. The van der Waals surface area contributed by atoms with Crippen molar-refractivity contribution in [3.63, 3.8) is 0 Å². The predicted molar refractivity (Wildman–Crippen MR) is 44.3 cm³/mol. The molecule has 0 aliphatic carbocycles. The van der Waals surface area contributed by atoms with Gasteiger partial charge in [-0.25, -0.2) is 9.50 Å². The lowest BCUT2D eigenvalue weighted by Gasteiger charge is -2.00. The molecule has 2 aromatic heterocycles. The van der Waals surface area contributed by atoms with E-state index in [1.54, 1.807) is 30.2 Å². The molecule has 0 atom stereocenters. The zero-order valence-corrected chi connectivity index (χ0v) is 6.98. The number of nitrogens with zero attached hydrogens (tertiary/aromatic N) is 3. The molecule has 4 heteroatoms. The first-order chi connectivity index (χ1) is 5.83. The molecule has 62 valence electrons. The van der Waals surface area contributed by atoms with E-state index >= 15 is 0 Å². The number of hydrogen-bond acceptors (Lipinski definition) is 3. The Morgan fingerprint density at radius 3 is 3.08 bits per heavy atom. The van der Waals surface area contributed by atoms with Gasteiger partial charge in [-0.15, -0.1) is 0 Å². The van der Waals surface area contributed by atoms with Crippen LogP contribution in [0, 0.1) is 6.92 Å².